The summed E-state index contributed by atoms with van der Waals surface area (Å²) >= 11 is 6.08. The molecule has 1 aromatic heterocycles. The summed E-state index contributed by atoms with van der Waals surface area (Å²) in [7, 11) is 0. The molecule has 0 saturated carbocycles. The van der Waals surface area contributed by atoms with E-state index in [1.807, 2.05) is 38.1 Å². The van der Waals surface area contributed by atoms with Crippen LogP contribution in [0.4, 0.5) is 0 Å². The molecule has 0 aliphatic heterocycles. The van der Waals surface area contributed by atoms with Crippen molar-refractivity contribution < 1.29 is 4.74 Å². The Morgan fingerprint density at radius 3 is 2.80 bits per heavy atom. The monoisotopic (exact) mass is 221 g/mol. The van der Waals surface area contributed by atoms with Gasteiger partial charge in [-0.3, -0.25) is 4.98 Å². The van der Waals surface area contributed by atoms with E-state index in [2.05, 4.69) is 4.98 Å². The molecule has 0 N–H and O–H groups in total. The first-order valence-corrected chi connectivity index (χ1v) is 5.26. The molecule has 2 nitrogen and oxygen atoms in total. The van der Waals surface area contributed by atoms with E-state index in [0.717, 1.165) is 10.9 Å². The van der Waals surface area contributed by atoms with Gasteiger partial charge in [0, 0.05) is 11.6 Å². The first-order chi connectivity index (χ1) is 7.18. The second-order valence-electron chi connectivity index (χ2n) is 3.62. The molecule has 0 aliphatic carbocycles. The number of ether oxygens (including phenoxy) is 1. The van der Waals surface area contributed by atoms with Crippen LogP contribution in [0.3, 0.4) is 0 Å². The highest BCUT2D eigenvalue weighted by Crippen LogP contribution is 2.32. The number of pyridine rings is 1. The van der Waals surface area contributed by atoms with E-state index in [1.54, 1.807) is 6.20 Å². The van der Waals surface area contributed by atoms with E-state index in [0.29, 0.717) is 10.8 Å². The highest BCUT2D eigenvalue weighted by atomic mass is 35.5. The maximum Gasteiger partial charge on any atom is 0.164 e. The van der Waals surface area contributed by atoms with Gasteiger partial charge >= 0.3 is 0 Å². The van der Waals surface area contributed by atoms with Crippen molar-refractivity contribution in [1.82, 2.24) is 4.98 Å². The van der Waals surface area contributed by atoms with Crippen LogP contribution in [-0.4, -0.2) is 11.1 Å². The minimum atomic E-state index is 0.0927. The zero-order chi connectivity index (χ0) is 10.8. The molecule has 0 amide bonds. The lowest BCUT2D eigenvalue weighted by molar-refractivity contribution is 0.245. The van der Waals surface area contributed by atoms with E-state index >= 15 is 0 Å². The summed E-state index contributed by atoms with van der Waals surface area (Å²) < 4.78 is 5.66. The molecule has 0 atom stereocenters. The molecule has 1 aromatic carbocycles. The third kappa shape index (κ3) is 2.05. The van der Waals surface area contributed by atoms with Crippen molar-refractivity contribution in [3.05, 3.63) is 35.5 Å². The Labute approximate surface area is 93.8 Å². The predicted molar refractivity (Wildman–Crippen MR) is 62.5 cm³/mol. The Morgan fingerprint density at radius 2 is 2.07 bits per heavy atom. The van der Waals surface area contributed by atoms with Crippen LogP contribution in [0.25, 0.3) is 10.9 Å². The van der Waals surface area contributed by atoms with Gasteiger partial charge in [-0.05, 0) is 26.0 Å². The third-order valence-corrected chi connectivity index (χ3v) is 2.33. The van der Waals surface area contributed by atoms with Crippen LogP contribution in [0.2, 0.25) is 5.02 Å². The molecule has 0 fully saturated rings. The van der Waals surface area contributed by atoms with Gasteiger partial charge in [0.1, 0.15) is 5.52 Å². The second-order valence-corrected chi connectivity index (χ2v) is 4.03. The van der Waals surface area contributed by atoms with Gasteiger partial charge in [0.05, 0.1) is 11.1 Å². The zero-order valence-corrected chi connectivity index (χ0v) is 9.45. The molecule has 0 unspecified atom stereocenters. The molecule has 1 heterocycles. The molecule has 0 aliphatic rings. The average Bonchev–Trinajstić information content (AvgIpc) is 2.22. The Hall–Kier alpha value is -1.28. The highest BCUT2D eigenvalue weighted by molar-refractivity contribution is 6.33. The standard InChI is InChI=1S/C12H12ClNO/c1-8(2)15-12-10(13)6-5-9-4-3-7-14-11(9)12/h3-8H,1-2H3. The fourth-order valence-electron chi connectivity index (χ4n) is 1.44. The van der Waals surface area contributed by atoms with Gasteiger partial charge in [0.25, 0.3) is 0 Å². The number of hydrogen-bond acceptors (Lipinski definition) is 2. The van der Waals surface area contributed by atoms with Gasteiger partial charge in [0.2, 0.25) is 0 Å². The Bertz CT molecular complexity index is 482. The lowest BCUT2D eigenvalue weighted by Crippen LogP contribution is -2.06. The van der Waals surface area contributed by atoms with Crippen LogP contribution >= 0.6 is 11.6 Å². The van der Waals surface area contributed by atoms with Gasteiger partial charge in [-0.1, -0.05) is 23.7 Å². The number of fused-ring (bicyclic) bond motifs is 1. The maximum absolute atomic E-state index is 6.08. The second kappa shape index (κ2) is 4.07. The first kappa shape index (κ1) is 10.2. The summed E-state index contributed by atoms with van der Waals surface area (Å²) in [5, 5.41) is 1.65. The van der Waals surface area contributed by atoms with Crippen molar-refractivity contribution in [2.24, 2.45) is 0 Å². The molecule has 0 bridgehead atoms. The molecule has 15 heavy (non-hydrogen) atoms. The predicted octanol–water partition coefficient (Wildman–Crippen LogP) is 3.68. The minimum absolute atomic E-state index is 0.0927. The molecule has 3 heteroatoms. The van der Waals surface area contributed by atoms with E-state index in [1.165, 1.54) is 0 Å². The minimum Gasteiger partial charge on any atom is -0.487 e. The number of benzene rings is 1. The van der Waals surface area contributed by atoms with Crippen LogP contribution in [0.5, 0.6) is 5.75 Å². The maximum atomic E-state index is 6.08. The van der Waals surface area contributed by atoms with Crippen molar-refractivity contribution in [2.45, 2.75) is 20.0 Å². The largest absolute Gasteiger partial charge is 0.487 e. The first-order valence-electron chi connectivity index (χ1n) is 4.88. The van der Waals surface area contributed by atoms with E-state index in [9.17, 15) is 0 Å². The Morgan fingerprint density at radius 1 is 1.27 bits per heavy atom. The molecule has 2 aromatic rings. The summed E-state index contributed by atoms with van der Waals surface area (Å²) in [6, 6.07) is 7.67. The number of nitrogens with zero attached hydrogens (tertiary/aromatic N) is 1. The fraction of sp³-hybridized carbons (Fsp3) is 0.250. The summed E-state index contributed by atoms with van der Waals surface area (Å²) in [5.74, 6) is 0.671. The van der Waals surface area contributed by atoms with Crippen molar-refractivity contribution >= 4 is 22.5 Å². The molecule has 0 radical (unpaired) electrons. The average molecular weight is 222 g/mol. The normalized spacial score (nSPS) is 10.9. The van der Waals surface area contributed by atoms with E-state index < -0.39 is 0 Å². The van der Waals surface area contributed by atoms with Crippen molar-refractivity contribution in [3.63, 3.8) is 0 Å². The number of rotatable bonds is 2. The molecular formula is C12H12ClNO. The summed E-state index contributed by atoms with van der Waals surface area (Å²) in [5.41, 5.74) is 0.818. The molecule has 0 spiro atoms. The summed E-state index contributed by atoms with van der Waals surface area (Å²) in [6.45, 7) is 3.94. The van der Waals surface area contributed by atoms with E-state index in [-0.39, 0.29) is 6.10 Å². The highest BCUT2D eigenvalue weighted by Gasteiger charge is 2.09. The van der Waals surface area contributed by atoms with Crippen molar-refractivity contribution in [3.8, 4) is 5.75 Å². The topological polar surface area (TPSA) is 22.1 Å². The molecular weight excluding hydrogens is 210 g/mol. The van der Waals surface area contributed by atoms with Gasteiger partial charge in [-0.2, -0.15) is 0 Å². The van der Waals surface area contributed by atoms with Crippen LogP contribution in [0.15, 0.2) is 30.5 Å². The number of hydrogen-bond donors (Lipinski definition) is 0. The van der Waals surface area contributed by atoms with Crippen LogP contribution in [0.1, 0.15) is 13.8 Å². The number of aromatic nitrogens is 1. The lowest BCUT2D eigenvalue weighted by atomic mass is 10.2. The van der Waals surface area contributed by atoms with Crippen LogP contribution in [-0.2, 0) is 0 Å². The van der Waals surface area contributed by atoms with E-state index in [4.69, 9.17) is 16.3 Å². The van der Waals surface area contributed by atoms with Crippen LogP contribution in [0, 0.1) is 0 Å². The lowest BCUT2D eigenvalue weighted by Gasteiger charge is -2.12. The summed E-state index contributed by atoms with van der Waals surface area (Å²) in [6.07, 6.45) is 1.83. The molecule has 0 saturated heterocycles. The van der Waals surface area contributed by atoms with Gasteiger partial charge in [-0.25, -0.2) is 0 Å². The third-order valence-electron chi connectivity index (χ3n) is 2.03. The van der Waals surface area contributed by atoms with Gasteiger partial charge in [-0.15, -0.1) is 0 Å². The van der Waals surface area contributed by atoms with Crippen molar-refractivity contribution in [2.75, 3.05) is 0 Å². The summed E-state index contributed by atoms with van der Waals surface area (Å²) in [4.78, 5) is 4.29. The Kier molecular flexibility index (Phi) is 2.78. The van der Waals surface area contributed by atoms with Crippen LogP contribution < -0.4 is 4.74 Å². The van der Waals surface area contributed by atoms with Gasteiger partial charge < -0.3 is 4.74 Å². The fourth-order valence-corrected chi connectivity index (χ4v) is 1.64. The number of halogens is 1. The van der Waals surface area contributed by atoms with Gasteiger partial charge in [0.15, 0.2) is 5.75 Å². The SMILES string of the molecule is CC(C)Oc1c(Cl)ccc2cccnc12. The Balaban J connectivity index is 2.63. The molecule has 78 valence electrons. The van der Waals surface area contributed by atoms with Crippen molar-refractivity contribution in [1.29, 1.82) is 0 Å². The smallest absolute Gasteiger partial charge is 0.164 e. The molecule has 2 rings (SSSR count). The quantitative estimate of drug-likeness (QED) is 0.772. The zero-order valence-electron chi connectivity index (χ0n) is 8.70.